The van der Waals surface area contributed by atoms with Crippen molar-refractivity contribution in [2.24, 2.45) is 5.41 Å². The minimum absolute atomic E-state index is 0.147. The average Bonchev–Trinajstić information content (AvgIpc) is 2.33. The van der Waals surface area contributed by atoms with Crippen LogP contribution in [-0.4, -0.2) is 35.8 Å². The first-order valence-corrected chi connectivity index (χ1v) is 6.36. The molecule has 2 amide bonds. The number of unbranched alkanes of at least 4 members (excludes halogenated alkanes) is 1. The lowest BCUT2D eigenvalue weighted by Gasteiger charge is -2.29. The Bertz CT molecular complexity index is 371. The summed E-state index contributed by atoms with van der Waals surface area (Å²) in [4.78, 5) is 24.7. The first-order valence-electron chi connectivity index (χ1n) is 6.36. The molecule has 0 spiro atoms. The number of hydrogen-bond donors (Lipinski definition) is 1. The highest BCUT2D eigenvalue weighted by Gasteiger charge is 2.30. The molecule has 1 aliphatic rings. The molecule has 0 aromatic rings. The van der Waals surface area contributed by atoms with Gasteiger partial charge in [-0.2, -0.15) is 5.26 Å². The molecule has 1 aliphatic heterocycles. The fourth-order valence-corrected chi connectivity index (χ4v) is 1.91. The number of amides is 2. The Morgan fingerprint density at radius 3 is 2.72 bits per heavy atom. The van der Waals surface area contributed by atoms with Gasteiger partial charge in [-0.25, -0.2) is 0 Å². The third-order valence-electron chi connectivity index (χ3n) is 3.23. The van der Waals surface area contributed by atoms with Crippen LogP contribution in [0.25, 0.3) is 0 Å². The molecule has 1 saturated heterocycles. The van der Waals surface area contributed by atoms with E-state index in [1.54, 1.807) is 6.92 Å². The second-order valence-corrected chi connectivity index (χ2v) is 5.44. The van der Waals surface area contributed by atoms with Gasteiger partial charge in [0.15, 0.2) is 0 Å². The summed E-state index contributed by atoms with van der Waals surface area (Å²) in [6, 6.07) is 1.97. The second-order valence-electron chi connectivity index (χ2n) is 5.44. The Balaban J connectivity index is 2.37. The van der Waals surface area contributed by atoms with Crippen molar-refractivity contribution in [3.05, 3.63) is 0 Å². The van der Waals surface area contributed by atoms with Gasteiger partial charge >= 0.3 is 0 Å². The molecule has 0 aliphatic carbocycles. The summed E-state index contributed by atoms with van der Waals surface area (Å²) in [5, 5.41) is 11.7. The van der Waals surface area contributed by atoms with Gasteiger partial charge in [0.25, 0.3) is 0 Å². The Labute approximate surface area is 108 Å². The predicted molar refractivity (Wildman–Crippen MR) is 67.4 cm³/mol. The van der Waals surface area contributed by atoms with Crippen molar-refractivity contribution in [2.75, 3.05) is 13.1 Å². The Hall–Kier alpha value is -1.41. The smallest absolute Gasteiger partial charge is 0.246 e. The largest absolute Gasteiger partial charge is 0.298 e. The van der Waals surface area contributed by atoms with Crippen LogP contribution in [0.1, 0.15) is 40.0 Å². The molecule has 18 heavy (non-hydrogen) atoms. The normalized spacial score (nSPS) is 21.0. The monoisotopic (exact) mass is 251 g/mol. The Morgan fingerprint density at radius 2 is 2.11 bits per heavy atom. The van der Waals surface area contributed by atoms with Crippen LogP contribution in [0.4, 0.5) is 0 Å². The topological polar surface area (TPSA) is 73.2 Å². The third-order valence-corrected chi connectivity index (χ3v) is 3.23. The molecule has 1 N–H and O–H groups in total. The van der Waals surface area contributed by atoms with Crippen molar-refractivity contribution >= 4 is 11.8 Å². The lowest BCUT2D eigenvalue weighted by molar-refractivity contribution is -0.148. The van der Waals surface area contributed by atoms with E-state index in [9.17, 15) is 9.59 Å². The van der Waals surface area contributed by atoms with E-state index in [1.807, 2.05) is 13.8 Å². The Morgan fingerprint density at radius 1 is 1.44 bits per heavy atom. The summed E-state index contributed by atoms with van der Waals surface area (Å²) in [7, 11) is 0. The van der Waals surface area contributed by atoms with E-state index in [-0.39, 0.29) is 29.8 Å². The van der Waals surface area contributed by atoms with Crippen molar-refractivity contribution in [1.82, 2.24) is 10.2 Å². The van der Waals surface area contributed by atoms with Crippen molar-refractivity contribution in [3.63, 3.8) is 0 Å². The first kappa shape index (κ1) is 14.7. The van der Waals surface area contributed by atoms with Crippen LogP contribution in [0.5, 0.6) is 0 Å². The number of carbonyl (C=O) groups excluding carboxylic acids is 2. The molecule has 1 heterocycles. The van der Waals surface area contributed by atoms with Gasteiger partial charge < -0.3 is 0 Å². The lowest BCUT2D eigenvalue weighted by Crippen LogP contribution is -2.57. The molecule has 1 rings (SSSR count). The van der Waals surface area contributed by atoms with Gasteiger partial charge in [0.1, 0.15) is 0 Å². The van der Waals surface area contributed by atoms with Crippen LogP contribution in [0.15, 0.2) is 0 Å². The van der Waals surface area contributed by atoms with Crippen molar-refractivity contribution < 1.29 is 9.59 Å². The quantitative estimate of drug-likeness (QED) is 0.585. The zero-order valence-corrected chi connectivity index (χ0v) is 11.3. The number of carbonyl (C=O) groups is 2. The van der Waals surface area contributed by atoms with Gasteiger partial charge in [-0.05, 0) is 33.6 Å². The maximum absolute atomic E-state index is 11.8. The van der Waals surface area contributed by atoms with E-state index < -0.39 is 0 Å². The van der Waals surface area contributed by atoms with E-state index in [0.29, 0.717) is 6.54 Å². The van der Waals surface area contributed by atoms with E-state index in [2.05, 4.69) is 11.4 Å². The maximum atomic E-state index is 11.8. The Kier molecular flexibility index (Phi) is 4.85. The SMILES string of the molecule is CC1NCC(=O)N(CCCCC(C)(C)C#N)C1=O. The first-order chi connectivity index (χ1) is 8.37. The highest BCUT2D eigenvalue weighted by Crippen LogP contribution is 2.21. The van der Waals surface area contributed by atoms with Crippen LogP contribution >= 0.6 is 0 Å². The van der Waals surface area contributed by atoms with E-state index in [1.165, 1.54) is 4.90 Å². The summed E-state index contributed by atoms with van der Waals surface area (Å²) >= 11 is 0. The van der Waals surface area contributed by atoms with Gasteiger partial charge in [-0.15, -0.1) is 0 Å². The summed E-state index contributed by atoms with van der Waals surface area (Å²) in [6.45, 7) is 6.26. The molecule has 1 fully saturated rings. The van der Waals surface area contributed by atoms with E-state index in [4.69, 9.17) is 5.26 Å². The van der Waals surface area contributed by atoms with E-state index in [0.717, 1.165) is 19.3 Å². The molecular formula is C13H21N3O2. The molecule has 100 valence electrons. The van der Waals surface area contributed by atoms with Crippen LogP contribution in [-0.2, 0) is 9.59 Å². The maximum Gasteiger partial charge on any atom is 0.246 e. The number of nitrogens with one attached hydrogen (secondary N) is 1. The highest BCUT2D eigenvalue weighted by atomic mass is 16.2. The average molecular weight is 251 g/mol. The number of piperazine rings is 1. The minimum atomic E-state index is -0.329. The molecule has 0 bridgehead atoms. The lowest BCUT2D eigenvalue weighted by atomic mass is 9.89. The fraction of sp³-hybridized carbons (Fsp3) is 0.769. The molecule has 1 unspecified atom stereocenters. The van der Waals surface area contributed by atoms with Gasteiger partial charge in [0, 0.05) is 6.54 Å². The molecule has 5 nitrogen and oxygen atoms in total. The number of nitrogens with zero attached hydrogens (tertiary/aromatic N) is 2. The number of hydrogen-bond acceptors (Lipinski definition) is 4. The van der Waals surface area contributed by atoms with Crippen LogP contribution in [0, 0.1) is 16.7 Å². The predicted octanol–water partition coefficient (Wildman–Crippen LogP) is 1.05. The van der Waals surface area contributed by atoms with Gasteiger partial charge in [-0.1, -0.05) is 6.42 Å². The number of rotatable bonds is 5. The van der Waals surface area contributed by atoms with Gasteiger partial charge in [-0.3, -0.25) is 19.8 Å². The zero-order chi connectivity index (χ0) is 13.8. The summed E-state index contributed by atoms with van der Waals surface area (Å²) < 4.78 is 0. The summed E-state index contributed by atoms with van der Waals surface area (Å²) in [6.07, 6.45) is 2.39. The van der Waals surface area contributed by atoms with E-state index >= 15 is 0 Å². The summed E-state index contributed by atoms with van der Waals surface area (Å²) in [5.41, 5.74) is -0.329. The molecule has 0 aromatic heterocycles. The number of imide groups is 1. The van der Waals surface area contributed by atoms with Gasteiger partial charge in [0.05, 0.1) is 24.1 Å². The van der Waals surface area contributed by atoms with Crippen molar-refractivity contribution in [1.29, 1.82) is 5.26 Å². The van der Waals surface area contributed by atoms with Crippen molar-refractivity contribution in [2.45, 2.75) is 46.1 Å². The van der Waals surface area contributed by atoms with Crippen LogP contribution in [0.2, 0.25) is 0 Å². The van der Waals surface area contributed by atoms with Crippen LogP contribution < -0.4 is 5.32 Å². The fourth-order valence-electron chi connectivity index (χ4n) is 1.91. The molecule has 1 atom stereocenters. The van der Waals surface area contributed by atoms with Gasteiger partial charge in [0.2, 0.25) is 11.8 Å². The van der Waals surface area contributed by atoms with Crippen molar-refractivity contribution in [3.8, 4) is 6.07 Å². The molecule has 0 radical (unpaired) electrons. The molecule has 0 aromatic carbocycles. The zero-order valence-electron chi connectivity index (χ0n) is 11.3. The highest BCUT2D eigenvalue weighted by molar-refractivity contribution is 6.00. The minimum Gasteiger partial charge on any atom is -0.298 e. The summed E-state index contributed by atoms with van der Waals surface area (Å²) in [5.74, 6) is -0.302. The standard InChI is InChI=1S/C13H21N3O2/c1-10-12(18)16(11(17)8-15-10)7-5-4-6-13(2,3)9-14/h10,15H,4-8H2,1-3H3. The second kappa shape index (κ2) is 5.96. The number of nitriles is 1. The molecule has 0 saturated carbocycles. The molecule has 5 heteroatoms. The molecular weight excluding hydrogens is 230 g/mol. The third kappa shape index (κ3) is 3.81. The van der Waals surface area contributed by atoms with Crippen LogP contribution in [0.3, 0.4) is 0 Å².